The first kappa shape index (κ1) is 11.5. The van der Waals surface area contributed by atoms with Crippen LogP contribution in [0.1, 0.15) is 37.3 Å². The maximum Gasteiger partial charge on any atom is 0.0881 e. The molecule has 1 saturated heterocycles. The normalized spacial score (nSPS) is 20.4. The molecule has 1 aromatic heterocycles. The Morgan fingerprint density at radius 3 is 3.12 bits per heavy atom. The minimum atomic E-state index is 0.280. The molecule has 0 aliphatic carbocycles. The zero-order chi connectivity index (χ0) is 11.2. The third-order valence-electron chi connectivity index (χ3n) is 2.95. The average molecular weight is 225 g/mol. The summed E-state index contributed by atoms with van der Waals surface area (Å²) in [7, 11) is 0. The van der Waals surface area contributed by atoms with E-state index in [2.05, 4.69) is 10.3 Å². The van der Waals surface area contributed by atoms with E-state index in [9.17, 15) is 0 Å². The number of nitrogens with zero attached hydrogens (tertiary/aromatic N) is 3. The van der Waals surface area contributed by atoms with Gasteiger partial charge in [-0.2, -0.15) is 0 Å². The van der Waals surface area contributed by atoms with Crippen LogP contribution in [0.15, 0.2) is 6.20 Å². The molecule has 0 spiro atoms. The summed E-state index contributed by atoms with van der Waals surface area (Å²) in [5.74, 6) is 0.436. The predicted molar refractivity (Wildman–Crippen MR) is 59.1 cm³/mol. The van der Waals surface area contributed by atoms with Gasteiger partial charge in [0.25, 0.3) is 0 Å². The second-order valence-corrected chi connectivity index (χ2v) is 4.25. The minimum absolute atomic E-state index is 0.280. The van der Waals surface area contributed by atoms with Crippen LogP contribution in [-0.2, 0) is 11.3 Å². The molecular weight excluding hydrogens is 206 g/mol. The SMILES string of the molecule is OCCCCCn1cc([C@H]2CCOC2)nn1. The van der Waals surface area contributed by atoms with E-state index in [4.69, 9.17) is 9.84 Å². The van der Waals surface area contributed by atoms with Crippen LogP contribution >= 0.6 is 0 Å². The van der Waals surface area contributed by atoms with Crippen molar-refractivity contribution in [2.24, 2.45) is 0 Å². The van der Waals surface area contributed by atoms with Gasteiger partial charge in [-0.1, -0.05) is 5.21 Å². The number of unbranched alkanes of at least 4 members (excludes halogenated alkanes) is 2. The Morgan fingerprint density at radius 1 is 1.44 bits per heavy atom. The van der Waals surface area contributed by atoms with Crippen LogP contribution in [0.5, 0.6) is 0 Å². The summed E-state index contributed by atoms with van der Waals surface area (Å²) in [6, 6.07) is 0. The second kappa shape index (κ2) is 5.96. The van der Waals surface area contributed by atoms with Gasteiger partial charge in [0.15, 0.2) is 0 Å². The summed E-state index contributed by atoms with van der Waals surface area (Å²) in [6.45, 7) is 2.79. The van der Waals surface area contributed by atoms with Crippen molar-refractivity contribution in [3.05, 3.63) is 11.9 Å². The Labute approximate surface area is 95.4 Å². The molecule has 0 radical (unpaired) electrons. The van der Waals surface area contributed by atoms with Gasteiger partial charge in [-0.15, -0.1) is 5.10 Å². The van der Waals surface area contributed by atoms with Crippen LogP contribution in [0.3, 0.4) is 0 Å². The summed E-state index contributed by atoms with van der Waals surface area (Å²) < 4.78 is 7.22. The van der Waals surface area contributed by atoms with E-state index in [0.29, 0.717) is 5.92 Å². The molecular formula is C11H19N3O2. The zero-order valence-corrected chi connectivity index (χ0v) is 9.51. The van der Waals surface area contributed by atoms with Gasteiger partial charge in [0.1, 0.15) is 0 Å². The van der Waals surface area contributed by atoms with Crippen LogP contribution in [0.2, 0.25) is 0 Å². The molecule has 0 amide bonds. The standard InChI is InChI=1S/C11H19N3O2/c15-6-3-1-2-5-14-8-11(12-13-14)10-4-7-16-9-10/h8,10,15H,1-7,9H2/t10-/m0/s1. The topological polar surface area (TPSA) is 60.2 Å². The molecule has 5 nitrogen and oxygen atoms in total. The first-order valence-electron chi connectivity index (χ1n) is 5.99. The number of hydrogen-bond acceptors (Lipinski definition) is 4. The van der Waals surface area contributed by atoms with E-state index in [-0.39, 0.29) is 6.61 Å². The van der Waals surface area contributed by atoms with Crippen molar-refractivity contribution in [1.82, 2.24) is 15.0 Å². The maximum absolute atomic E-state index is 8.66. The van der Waals surface area contributed by atoms with E-state index in [1.54, 1.807) is 0 Å². The molecule has 1 N–H and O–H groups in total. The molecule has 1 aliphatic heterocycles. The molecule has 0 aromatic carbocycles. The fraction of sp³-hybridized carbons (Fsp3) is 0.818. The summed E-state index contributed by atoms with van der Waals surface area (Å²) in [6.07, 6.45) is 6.04. The Morgan fingerprint density at radius 2 is 2.38 bits per heavy atom. The molecule has 16 heavy (non-hydrogen) atoms. The third kappa shape index (κ3) is 3.02. The van der Waals surface area contributed by atoms with Gasteiger partial charge in [-0.05, 0) is 25.7 Å². The van der Waals surface area contributed by atoms with Gasteiger partial charge in [0.05, 0.1) is 12.3 Å². The smallest absolute Gasteiger partial charge is 0.0881 e. The average Bonchev–Trinajstić information content (AvgIpc) is 2.94. The second-order valence-electron chi connectivity index (χ2n) is 4.25. The van der Waals surface area contributed by atoms with Crippen molar-refractivity contribution >= 4 is 0 Å². The lowest BCUT2D eigenvalue weighted by Gasteiger charge is -2.01. The van der Waals surface area contributed by atoms with Crippen molar-refractivity contribution in [2.45, 2.75) is 38.1 Å². The van der Waals surface area contributed by atoms with Crippen LogP contribution in [0, 0.1) is 0 Å². The Hall–Kier alpha value is -0.940. The Bertz CT molecular complexity index is 308. The van der Waals surface area contributed by atoms with E-state index in [1.807, 2.05) is 10.9 Å². The van der Waals surface area contributed by atoms with E-state index in [1.165, 1.54) is 0 Å². The number of aliphatic hydroxyl groups excluding tert-OH is 1. The van der Waals surface area contributed by atoms with Crippen molar-refractivity contribution in [1.29, 1.82) is 0 Å². The predicted octanol–water partition coefficient (Wildman–Crippen LogP) is 0.945. The quantitative estimate of drug-likeness (QED) is 0.732. The number of rotatable bonds is 6. The highest BCUT2D eigenvalue weighted by Crippen LogP contribution is 2.22. The molecule has 2 rings (SSSR count). The monoisotopic (exact) mass is 225 g/mol. The fourth-order valence-electron chi connectivity index (χ4n) is 1.94. The molecule has 1 aromatic rings. The Kier molecular flexibility index (Phi) is 4.30. The highest BCUT2D eigenvalue weighted by Gasteiger charge is 2.20. The first-order chi connectivity index (χ1) is 7.90. The van der Waals surface area contributed by atoms with E-state index >= 15 is 0 Å². The number of aryl methyl sites for hydroxylation is 1. The van der Waals surface area contributed by atoms with Crippen LogP contribution in [0.4, 0.5) is 0 Å². The molecule has 5 heteroatoms. The van der Waals surface area contributed by atoms with Gasteiger partial charge in [0.2, 0.25) is 0 Å². The van der Waals surface area contributed by atoms with Crippen LogP contribution < -0.4 is 0 Å². The van der Waals surface area contributed by atoms with Crippen LogP contribution in [-0.4, -0.2) is 39.9 Å². The number of aliphatic hydroxyl groups is 1. The lowest BCUT2D eigenvalue weighted by Crippen LogP contribution is -1.99. The molecule has 1 fully saturated rings. The zero-order valence-electron chi connectivity index (χ0n) is 9.51. The number of hydrogen-bond donors (Lipinski definition) is 1. The summed E-state index contributed by atoms with van der Waals surface area (Å²) >= 11 is 0. The van der Waals surface area contributed by atoms with Crippen molar-refractivity contribution < 1.29 is 9.84 Å². The summed E-state index contributed by atoms with van der Waals surface area (Å²) in [5, 5.41) is 17.0. The third-order valence-corrected chi connectivity index (χ3v) is 2.95. The number of ether oxygens (including phenoxy) is 1. The fourth-order valence-corrected chi connectivity index (χ4v) is 1.94. The molecule has 90 valence electrons. The lowest BCUT2D eigenvalue weighted by atomic mass is 10.1. The van der Waals surface area contributed by atoms with Crippen molar-refractivity contribution in [3.8, 4) is 0 Å². The van der Waals surface area contributed by atoms with Crippen molar-refractivity contribution in [3.63, 3.8) is 0 Å². The molecule has 2 heterocycles. The maximum atomic E-state index is 8.66. The van der Waals surface area contributed by atoms with Gasteiger partial charge in [-0.3, -0.25) is 4.68 Å². The van der Waals surface area contributed by atoms with Crippen molar-refractivity contribution in [2.75, 3.05) is 19.8 Å². The first-order valence-corrected chi connectivity index (χ1v) is 5.99. The Balaban J connectivity index is 1.77. The molecule has 0 unspecified atom stereocenters. The largest absolute Gasteiger partial charge is 0.396 e. The summed E-state index contributed by atoms with van der Waals surface area (Å²) in [4.78, 5) is 0. The molecule has 0 bridgehead atoms. The van der Waals surface area contributed by atoms with E-state index < -0.39 is 0 Å². The summed E-state index contributed by atoms with van der Waals surface area (Å²) in [5.41, 5.74) is 1.06. The molecule has 1 atom stereocenters. The highest BCUT2D eigenvalue weighted by molar-refractivity contribution is 5.03. The molecule has 1 aliphatic rings. The molecule has 0 saturated carbocycles. The van der Waals surface area contributed by atoms with Gasteiger partial charge >= 0.3 is 0 Å². The lowest BCUT2D eigenvalue weighted by molar-refractivity contribution is 0.193. The van der Waals surface area contributed by atoms with E-state index in [0.717, 1.165) is 51.1 Å². The van der Waals surface area contributed by atoms with Gasteiger partial charge in [0, 0.05) is 31.9 Å². The number of aromatic nitrogens is 3. The van der Waals surface area contributed by atoms with Gasteiger partial charge in [-0.25, -0.2) is 0 Å². The van der Waals surface area contributed by atoms with Gasteiger partial charge < -0.3 is 9.84 Å². The highest BCUT2D eigenvalue weighted by atomic mass is 16.5. The minimum Gasteiger partial charge on any atom is -0.396 e. The van der Waals surface area contributed by atoms with Crippen LogP contribution in [0.25, 0.3) is 0 Å².